The van der Waals surface area contributed by atoms with Crippen LogP contribution in [0.3, 0.4) is 0 Å². The zero-order valence-electron chi connectivity index (χ0n) is 25.8. The van der Waals surface area contributed by atoms with E-state index in [0.29, 0.717) is 0 Å². The first kappa shape index (κ1) is 27.3. The minimum Gasteiger partial charge on any atom is -0.0809 e. The third kappa shape index (κ3) is 4.65. The molecular weight excluding hydrogens is 485 g/mol. The second-order valence-corrected chi connectivity index (χ2v) is 19.9. The van der Waals surface area contributed by atoms with Crippen LogP contribution in [0, 0.1) is 0 Å². The molecule has 0 nitrogen and oxygen atoms in total. The highest BCUT2D eigenvalue weighted by Gasteiger charge is 2.54. The normalized spacial score (nSPS) is 20.7. The Bertz CT molecular complexity index is 1260. The summed E-state index contributed by atoms with van der Waals surface area (Å²) < 4.78 is 0. The molecule has 2 saturated carbocycles. The number of fused-ring (bicyclic) bond motifs is 3. The maximum absolute atomic E-state index is 2.64. The van der Waals surface area contributed by atoms with Crippen molar-refractivity contribution in [2.45, 2.75) is 141 Å². The van der Waals surface area contributed by atoms with Crippen LogP contribution in [0.4, 0.5) is 0 Å². The van der Waals surface area contributed by atoms with E-state index in [-0.39, 0.29) is 10.8 Å². The van der Waals surface area contributed by atoms with Crippen molar-refractivity contribution < 1.29 is 0 Å². The highest BCUT2D eigenvalue weighted by molar-refractivity contribution is 7.00. The van der Waals surface area contributed by atoms with Gasteiger partial charge in [-0.05, 0) is 73.3 Å². The van der Waals surface area contributed by atoms with Gasteiger partial charge in [-0.25, -0.2) is 0 Å². The van der Waals surface area contributed by atoms with E-state index in [1.807, 2.05) is 10.4 Å². The predicted molar refractivity (Wildman–Crippen MR) is 173 cm³/mol. The topological polar surface area (TPSA) is 0 Å². The smallest absolute Gasteiger partial charge is 0.0809 e. The second kappa shape index (κ2) is 10.2. The lowest BCUT2D eigenvalue weighted by Gasteiger charge is -2.52. The van der Waals surface area contributed by atoms with Crippen LogP contribution in [-0.2, 0) is 17.3 Å². The number of hydrogen-bond donors (Lipinski definition) is 0. The van der Waals surface area contributed by atoms with Crippen LogP contribution in [-0.4, -0.2) is 8.07 Å². The summed E-state index contributed by atoms with van der Waals surface area (Å²) in [6.45, 7) is 14.6. The SMILES string of the molecule is CC(C)(C)c1ccc2c(c1)Cc1c-2ccc(C(C)(C)C)c1[Si](C1=CC=CC1)(C1CCCCC1)C1CCCCC1. The Morgan fingerprint density at radius 1 is 0.692 bits per heavy atom. The van der Waals surface area contributed by atoms with Crippen LogP contribution in [0.2, 0.25) is 11.1 Å². The number of allylic oxidation sites excluding steroid dienone is 4. The molecule has 2 aromatic carbocycles. The minimum atomic E-state index is -2.04. The molecule has 208 valence electrons. The van der Waals surface area contributed by atoms with Crippen LogP contribution < -0.4 is 5.19 Å². The molecule has 0 unspecified atom stereocenters. The molecular formula is C38H52Si. The summed E-state index contributed by atoms with van der Waals surface area (Å²) in [6, 6.07) is 12.6. The molecule has 2 fully saturated rings. The summed E-state index contributed by atoms with van der Waals surface area (Å²) in [5.41, 5.74) is 11.8. The Morgan fingerprint density at radius 3 is 1.85 bits per heavy atom. The maximum atomic E-state index is 2.64. The molecule has 6 rings (SSSR count). The van der Waals surface area contributed by atoms with Crippen molar-refractivity contribution in [2.24, 2.45) is 0 Å². The van der Waals surface area contributed by atoms with Gasteiger partial charge in [0.1, 0.15) is 8.07 Å². The Kier molecular flexibility index (Phi) is 7.14. The number of rotatable bonds is 4. The first-order valence-electron chi connectivity index (χ1n) is 16.3. The fourth-order valence-electron chi connectivity index (χ4n) is 9.14. The van der Waals surface area contributed by atoms with E-state index in [9.17, 15) is 0 Å². The lowest BCUT2D eigenvalue weighted by Crippen LogP contribution is -2.61. The van der Waals surface area contributed by atoms with Crippen LogP contribution in [0.5, 0.6) is 0 Å². The summed E-state index contributed by atoms with van der Waals surface area (Å²) in [6.07, 6.45) is 24.5. The summed E-state index contributed by atoms with van der Waals surface area (Å²) >= 11 is 0. The van der Waals surface area contributed by atoms with E-state index >= 15 is 0 Å². The quantitative estimate of drug-likeness (QED) is 0.291. The molecule has 2 aromatic rings. The molecule has 0 aromatic heterocycles. The standard InChI is InChI=1S/C38H52Si/c1-37(2,3)28-21-22-32-27(25-28)26-34-33(32)23-24-35(38(4,5)6)36(34)39(31-19-13-14-20-31,29-15-9-7-10-16-29)30-17-11-8-12-18-30/h13-14,19,21-25,29-30H,7-12,15-18,20,26H2,1-6H3. The third-order valence-electron chi connectivity index (χ3n) is 11.0. The largest absolute Gasteiger partial charge is 0.120 e. The summed E-state index contributed by atoms with van der Waals surface area (Å²) in [4.78, 5) is 0. The van der Waals surface area contributed by atoms with E-state index < -0.39 is 8.07 Å². The van der Waals surface area contributed by atoms with Crippen molar-refractivity contribution in [1.82, 2.24) is 0 Å². The van der Waals surface area contributed by atoms with Crippen molar-refractivity contribution in [3.8, 4) is 11.1 Å². The molecule has 0 aliphatic heterocycles. The molecule has 0 radical (unpaired) electrons. The van der Waals surface area contributed by atoms with E-state index in [1.54, 1.807) is 22.3 Å². The van der Waals surface area contributed by atoms with E-state index in [4.69, 9.17) is 0 Å². The Balaban J connectivity index is 1.65. The Labute approximate surface area is 240 Å². The maximum Gasteiger partial charge on any atom is 0.120 e. The number of hydrogen-bond acceptors (Lipinski definition) is 0. The summed E-state index contributed by atoms with van der Waals surface area (Å²) in [5.74, 6) is 0. The zero-order valence-corrected chi connectivity index (χ0v) is 26.8. The first-order chi connectivity index (χ1) is 18.6. The van der Waals surface area contributed by atoms with Crippen LogP contribution >= 0.6 is 0 Å². The van der Waals surface area contributed by atoms with Gasteiger partial charge in [0.05, 0.1) is 0 Å². The molecule has 0 amide bonds. The molecule has 0 heterocycles. The van der Waals surface area contributed by atoms with Gasteiger partial charge in [-0.1, -0.05) is 160 Å². The highest BCUT2D eigenvalue weighted by atomic mass is 28.3. The Hall–Kier alpha value is -1.86. The molecule has 39 heavy (non-hydrogen) atoms. The van der Waals surface area contributed by atoms with E-state index in [2.05, 4.69) is 90.1 Å². The molecule has 0 spiro atoms. The fourth-order valence-corrected chi connectivity index (χ4v) is 17.1. The average molecular weight is 537 g/mol. The monoisotopic (exact) mass is 536 g/mol. The van der Waals surface area contributed by atoms with Crippen molar-refractivity contribution in [3.05, 3.63) is 76.0 Å². The molecule has 0 saturated heterocycles. The van der Waals surface area contributed by atoms with Gasteiger partial charge in [0.15, 0.2) is 0 Å². The van der Waals surface area contributed by atoms with Crippen molar-refractivity contribution >= 4 is 13.3 Å². The number of benzene rings is 2. The Morgan fingerprint density at radius 2 is 1.31 bits per heavy atom. The van der Waals surface area contributed by atoms with E-state index in [1.165, 1.54) is 81.8 Å². The lowest BCUT2D eigenvalue weighted by atomic mass is 9.84. The van der Waals surface area contributed by atoms with Crippen molar-refractivity contribution in [2.75, 3.05) is 0 Å². The van der Waals surface area contributed by atoms with Crippen molar-refractivity contribution in [3.63, 3.8) is 0 Å². The highest BCUT2D eigenvalue weighted by Crippen LogP contribution is 2.55. The molecule has 0 bridgehead atoms. The van der Waals surface area contributed by atoms with Gasteiger partial charge in [-0.2, -0.15) is 0 Å². The van der Waals surface area contributed by atoms with Gasteiger partial charge >= 0.3 is 0 Å². The van der Waals surface area contributed by atoms with Gasteiger partial charge in [-0.3, -0.25) is 0 Å². The molecule has 0 atom stereocenters. The van der Waals surface area contributed by atoms with Gasteiger partial charge in [-0.15, -0.1) is 0 Å². The predicted octanol–water partition coefficient (Wildman–Crippen LogP) is 10.6. The van der Waals surface area contributed by atoms with Gasteiger partial charge < -0.3 is 0 Å². The average Bonchev–Trinajstić information content (AvgIpc) is 3.58. The summed E-state index contributed by atoms with van der Waals surface area (Å²) in [5, 5.41) is 3.82. The molecule has 0 N–H and O–H groups in total. The minimum absolute atomic E-state index is 0.157. The zero-order chi connectivity index (χ0) is 27.4. The van der Waals surface area contributed by atoms with E-state index in [0.717, 1.165) is 17.5 Å². The van der Waals surface area contributed by atoms with Gasteiger partial charge in [0.2, 0.25) is 0 Å². The van der Waals surface area contributed by atoms with Crippen LogP contribution in [0.1, 0.15) is 134 Å². The third-order valence-corrected chi connectivity index (χ3v) is 17.5. The molecule has 1 heteroatoms. The first-order valence-corrected chi connectivity index (χ1v) is 18.4. The van der Waals surface area contributed by atoms with Crippen LogP contribution in [0.15, 0.2) is 53.8 Å². The van der Waals surface area contributed by atoms with Crippen molar-refractivity contribution in [1.29, 1.82) is 0 Å². The summed E-state index contributed by atoms with van der Waals surface area (Å²) in [7, 11) is -2.04. The second-order valence-electron chi connectivity index (χ2n) is 15.4. The molecule has 4 aliphatic carbocycles. The van der Waals surface area contributed by atoms with Gasteiger partial charge in [0, 0.05) is 0 Å². The molecule has 4 aliphatic rings. The fraction of sp³-hybridized carbons (Fsp3) is 0.579. The lowest BCUT2D eigenvalue weighted by molar-refractivity contribution is 0.456. The van der Waals surface area contributed by atoms with Gasteiger partial charge in [0.25, 0.3) is 0 Å². The van der Waals surface area contributed by atoms with Crippen LogP contribution in [0.25, 0.3) is 11.1 Å².